The van der Waals surface area contributed by atoms with E-state index < -0.39 is 11.9 Å². The summed E-state index contributed by atoms with van der Waals surface area (Å²) in [7, 11) is 0. The Balaban J connectivity index is 2.29. The Labute approximate surface area is 191 Å². The van der Waals surface area contributed by atoms with Crippen LogP contribution in [0.5, 0.6) is 11.5 Å². The maximum absolute atomic E-state index is 11.9. The molecule has 0 amide bonds. The molecule has 10 heteroatoms. The summed E-state index contributed by atoms with van der Waals surface area (Å²) >= 11 is 5.35. The Morgan fingerprint density at radius 3 is 1.43 bits per heavy atom. The number of hydrogen-bond donors (Lipinski definition) is 0. The minimum atomic E-state index is -0.474. The SMILES string of the molecule is CCC(CC)=C1Sc2c(OC(C)=O)c3c(c(OC(C)=O)c2S1)SC(=C(C#N)C#N)S3. The van der Waals surface area contributed by atoms with E-state index in [0.29, 0.717) is 35.3 Å². The van der Waals surface area contributed by atoms with Gasteiger partial charge in [0.25, 0.3) is 0 Å². The van der Waals surface area contributed by atoms with Crippen molar-refractivity contribution in [3.63, 3.8) is 0 Å². The summed E-state index contributed by atoms with van der Waals surface area (Å²) in [6.07, 6.45) is 1.77. The van der Waals surface area contributed by atoms with E-state index in [-0.39, 0.29) is 5.57 Å². The molecule has 3 rings (SSSR count). The lowest BCUT2D eigenvalue weighted by molar-refractivity contribution is -0.133. The lowest BCUT2D eigenvalue weighted by atomic mass is 10.2. The minimum Gasteiger partial charge on any atom is -0.424 e. The average molecular weight is 477 g/mol. The van der Waals surface area contributed by atoms with Crippen LogP contribution in [0.1, 0.15) is 40.5 Å². The highest BCUT2D eigenvalue weighted by atomic mass is 32.2. The van der Waals surface area contributed by atoms with Crippen molar-refractivity contribution in [1.29, 1.82) is 10.5 Å². The number of allylic oxidation sites excluding steroid dienone is 2. The van der Waals surface area contributed by atoms with Gasteiger partial charge in [0.05, 0.1) is 23.8 Å². The van der Waals surface area contributed by atoms with Crippen LogP contribution in [0.4, 0.5) is 0 Å². The molecule has 2 aliphatic heterocycles. The molecule has 0 saturated heterocycles. The Morgan fingerprint density at radius 2 is 1.13 bits per heavy atom. The first-order valence-corrected chi connectivity index (χ1v) is 12.2. The number of ether oxygens (including phenoxy) is 2. The normalized spacial score (nSPS) is 13.8. The van der Waals surface area contributed by atoms with Gasteiger partial charge in [0.15, 0.2) is 11.5 Å². The second-order valence-electron chi connectivity index (χ2n) is 6.05. The van der Waals surface area contributed by atoms with Crippen molar-refractivity contribution in [2.24, 2.45) is 0 Å². The summed E-state index contributed by atoms with van der Waals surface area (Å²) in [5.41, 5.74) is 1.23. The third-order valence-corrected chi connectivity index (χ3v) is 9.44. The molecular formula is C20H16N2O4S4. The zero-order valence-electron chi connectivity index (χ0n) is 16.6. The fourth-order valence-electron chi connectivity index (χ4n) is 2.78. The number of fused-ring (bicyclic) bond motifs is 2. The van der Waals surface area contributed by atoms with Crippen LogP contribution in [-0.4, -0.2) is 11.9 Å². The highest BCUT2D eigenvalue weighted by Gasteiger charge is 2.39. The second-order valence-corrected chi connectivity index (χ2v) is 10.7. The van der Waals surface area contributed by atoms with Crippen molar-refractivity contribution < 1.29 is 19.1 Å². The Bertz CT molecular complexity index is 1030. The van der Waals surface area contributed by atoms with Gasteiger partial charge in [-0.1, -0.05) is 66.5 Å². The van der Waals surface area contributed by atoms with Crippen LogP contribution in [-0.2, 0) is 9.59 Å². The number of esters is 2. The predicted molar refractivity (Wildman–Crippen MR) is 118 cm³/mol. The van der Waals surface area contributed by atoms with Gasteiger partial charge in [0.1, 0.15) is 17.7 Å². The Hall–Kier alpha value is -1.98. The van der Waals surface area contributed by atoms with Gasteiger partial charge in [-0.15, -0.1) is 0 Å². The highest BCUT2D eigenvalue weighted by Crippen LogP contribution is 2.68. The number of nitriles is 2. The van der Waals surface area contributed by atoms with Crippen molar-refractivity contribution >= 4 is 59.0 Å². The maximum atomic E-state index is 11.9. The van der Waals surface area contributed by atoms with Gasteiger partial charge in [-0.05, 0) is 12.8 Å². The van der Waals surface area contributed by atoms with Gasteiger partial charge in [-0.3, -0.25) is 9.59 Å². The summed E-state index contributed by atoms with van der Waals surface area (Å²) in [6, 6.07) is 3.77. The van der Waals surface area contributed by atoms with Crippen LogP contribution in [0.25, 0.3) is 0 Å². The predicted octanol–water partition coefficient (Wildman–Crippen LogP) is 6.22. The Kier molecular flexibility index (Phi) is 7.14. The zero-order valence-corrected chi connectivity index (χ0v) is 19.8. The van der Waals surface area contributed by atoms with Crippen molar-refractivity contribution in [1.82, 2.24) is 0 Å². The van der Waals surface area contributed by atoms with E-state index in [2.05, 4.69) is 13.8 Å². The molecule has 154 valence electrons. The van der Waals surface area contributed by atoms with Crippen LogP contribution < -0.4 is 9.47 Å². The van der Waals surface area contributed by atoms with Gasteiger partial charge >= 0.3 is 11.9 Å². The van der Waals surface area contributed by atoms with E-state index in [1.54, 1.807) is 0 Å². The van der Waals surface area contributed by atoms with Crippen LogP contribution in [0, 0.1) is 22.7 Å². The summed E-state index contributed by atoms with van der Waals surface area (Å²) in [5.74, 6) is -0.189. The molecule has 0 aliphatic carbocycles. The first kappa shape index (κ1) is 22.7. The van der Waals surface area contributed by atoms with Crippen LogP contribution in [0.2, 0.25) is 0 Å². The second kappa shape index (κ2) is 9.44. The maximum Gasteiger partial charge on any atom is 0.308 e. The largest absolute Gasteiger partial charge is 0.424 e. The number of nitrogens with zero attached hydrogens (tertiary/aromatic N) is 2. The number of carbonyl (C=O) groups is 2. The molecule has 0 spiro atoms. The van der Waals surface area contributed by atoms with Crippen LogP contribution in [0.3, 0.4) is 0 Å². The summed E-state index contributed by atoms with van der Waals surface area (Å²) < 4.78 is 12.7. The van der Waals surface area contributed by atoms with Gasteiger partial charge in [0.2, 0.25) is 0 Å². The van der Waals surface area contributed by atoms with Crippen molar-refractivity contribution in [3.05, 3.63) is 19.6 Å². The molecule has 0 aromatic heterocycles. The molecule has 0 N–H and O–H groups in total. The average Bonchev–Trinajstić information content (AvgIpc) is 3.31. The van der Waals surface area contributed by atoms with E-state index in [0.717, 1.165) is 17.1 Å². The molecule has 1 aromatic rings. The Morgan fingerprint density at radius 1 is 0.767 bits per heavy atom. The first-order chi connectivity index (χ1) is 14.3. The molecule has 2 aliphatic rings. The van der Waals surface area contributed by atoms with Gasteiger partial charge in [0, 0.05) is 18.1 Å². The highest BCUT2D eigenvalue weighted by molar-refractivity contribution is 8.25. The molecule has 2 heterocycles. The molecule has 1 aromatic carbocycles. The van der Waals surface area contributed by atoms with Gasteiger partial charge < -0.3 is 9.47 Å². The van der Waals surface area contributed by atoms with Gasteiger partial charge in [-0.2, -0.15) is 10.5 Å². The molecule has 0 radical (unpaired) electrons. The topological polar surface area (TPSA) is 100 Å². The molecule has 0 unspecified atom stereocenters. The monoisotopic (exact) mass is 476 g/mol. The first-order valence-electron chi connectivity index (χ1n) is 8.93. The summed E-state index contributed by atoms with van der Waals surface area (Å²) in [4.78, 5) is 26.3. The fraction of sp³-hybridized carbons (Fsp3) is 0.300. The molecule has 0 saturated carbocycles. The number of hydrogen-bond acceptors (Lipinski definition) is 10. The van der Waals surface area contributed by atoms with Crippen molar-refractivity contribution in [2.45, 2.75) is 60.1 Å². The summed E-state index contributed by atoms with van der Waals surface area (Å²) in [6.45, 7) is 6.82. The third kappa shape index (κ3) is 4.23. The summed E-state index contributed by atoms with van der Waals surface area (Å²) in [5, 5.41) is 18.5. The van der Waals surface area contributed by atoms with E-state index in [1.807, 2.05) is 12.1 Å². The molecule has 6 nitrogen and oxygen atoms in total. The molecule has 30 heavy (non-hydrogen) atoms. The lowest BCUT2D eigenvalue weighted by Crippen LogP contribution is -2.07. The minimum absolute atomic E-state index is 0.0379. The smallest absolute Gasteiger partial charge is 0.308 e. The molecular weight excluding hydrogens is 460 g/mol. The van der Waals surface area contributed by atoms with Gasteiger partial charge in [-0.25, -0.2) is 0 Å². The molecule has 0 atom stereocenters. The third-order valence-electron chi connectivity index (χ3n) is 4.08. The fourth-order valence-corrected chi connectivity index (χ4v) is 8.42. The lowest BCUT2D eigenvalue weighted by Gasteiger charge is -2.15. The number of benzene rings is 1. The molecule has 0 fully saturated rings. The number of thioether (sulfide) groups is 4. The zero-order chi connectivity index (χ0) is 22.0. The number of carbonyl (C=O) groups excluding carboxylic acids is 2. The van der Waals surface area contributed by atoms with Crippen LogP contribution in [0.15, 0.2) is 39.2 Å². The van der Waals surface area contributed by atoms with E-state index >= 15 is 0 Å². The standard InChI is InChI=1S/C20H16N2O4S4/c1-5-11(6-2)19-27-15-13(25-9(3)23)17-18(14(16(15)28-19)26-10(4)24)30-20(29-17)12(7-21)8-22/h5-6H2,1-4H3. The van der Waals surface area contributed by atoms with Crippen molar-refractivity contribution in [2.75, 3.05) is 0 Å². The quantitative estimate of drug-likeness (QED) is 0.282. The van der Waals surface area contributed by atoms with E-state index in [4.69, 9.17) is 9.47 Å². The number of rotatable bonds is 4. The van der Waals surface area contributed by atoms with Crippen molar-refractivity contribution in [3.8, 4) is 23.6 Å². The van der Waals surface area contributed by atoms with Crippen LogP contribution >= 0.6 is 47.0 Å². The molecule has 0 bridgehead atoms. The van der Waals surface area contributed by atoms with E-state index in [9.17, 15) is 20.1 Å². The van der Waals surface area contributed by atoms with E-state index in [1.165, 1.54) is 66.5 Å².